The van der Waals surface area contributed by atoms with Crippen molar-refractivity contribution >= 4 is 29.4 Å². The fourth-order valence-electron chi connectivity index (χ4n) is 5.51. The second kappa shape index (κ2) is 15.9. The number of ether oxygens (including phenoxy) is 3. The molecule has 0 N–H and O–H groups in total. The topological polar surface area (TPSA) is 130 Å². The van der Waals surface area contributed by atoms with Crippen molar-refractivity contribution in [3.8, 4) is 0 Å². The number of nitrogens with zero attached hydrogens (tertiary/aromatic N) is 3. The Bertz CT molecular complexity index is 1650. The first kappa shape index (κ1) is 33.9. The standard InChI is InChI=1S/C36H39N3O7/c1-23(18-27-11-13-28(14-12-27)19-29-8-7-16-37-21-29)22-45-17-15-24(2)46-36(41)33-26(4)38-25(3)32(35(40)44-5)34(33)30-9-6-10-31(20-30)39(42)43/h6-14,16,18,20-21,24,32,34H,15,17,19,22H2,1-5H3. The number of esters is 2. The Kier molecular flexibility index (Phi) is 11.7. The third-order valence-corrected chi connectivity index (χ3v) is 7.77. The van der Waals surface area contributed by atoms with E-state index in [1.54, 1.807) is 33.0 Å². The molecule has 4 rings (SSSR count). The molecule has 0 aliphatic carbocycles. The Hall–Kier alpha value is -4.96. The predicted molar refractivity (Wildman–Crippen MR) is 175 cm³/mol. The number of methoxy groups -OCH3 is 1. The number of aromatic nitrogens is 1. The zero-order valence-corrected chi connectivity index (χ0v) is 26.8. The summed E-state index contributed by atoms with van der Waals surface area (Å²) in [6.45, 7) is 7.89. The van der Waals surface area contributed by atoms with Crippen LogP contribution in [-0.2, 0) is 30.2 Å². The molecule has 10 heteroatoms. The molecular weight excluding hydrogens is 586 g/mol. The number of allylic oxidation sites excluding steroid dienone is 1. The molecule has 3 atom stereocenters. The Morgan fingerprint density at radius 3 is 2.50 bits per heavy atom. The Labute approximate surface area is 269 Å². The average molecular weight is 626 g/mol. The zero-order chi connectivity index (χ0) is 33.2. The number of non-ortho nitro benzene ring substituents is 1. The van der Waals surface area contributed by atoms with E-state index in [1.807, 2.05) is 19.2 Å². The second-order valence-corrected chi connectivity index (χ2v) is 11.4. The van der Waals surface area contributed by atoms with Crippen molar-refractivity contribution in [2.24, 2.45) is 10.9 Å². The SMILES string of the molecule is COC(=O)C1C(C)=NC(C)=C(C(=O)OC(C)CCOCC(C)=Cc2ccc(Cc3cccnc3)cc2)C1c1cccc([N+](=O)[O-])c1. The number of nitro groups is 1. The predicted octanol–water partition coefficient (Wildman–Crippen LogP) is 6.64. The molecule has 0 saturated heterocycles. The number of pyridine rings is 1. The number of rotatable bonds is 13. The summed E-state index contributed by atoms with van der Waals surface area (Å²) in [6, 6.07) is 18.3. The third-order valence-electron chi connectivity index (χ3n) is 7.77. The molecule has 1 aliphatic heterocycles. The van der Waals surface area contributed by atoms with Crippen LogP contribution in [0.25, 0.3) is 6.08 Å². The van der Waals surface area contributed by atoms with Crippen molar-refractivity contribution in [2.45, 2.75) is 52.6 Å². The molecule has 2 aromatic carbocycles. The van der Waals surface area contributed by atoms with Crippen LogP contribution in [0.3, 0.4) is 0 Å². The van der Waals surface area contributed by atoms with Crippen molar-refractivity contribution in [1.82, 2.24) is 4.98 Å². The van der Waals surface area contributed by atoms with E-state index in [1.165, 1.54) is 30.9 Å². The Balaban J connectivity index is 1.35. The van der Waals surface area contributed by atoms with E-state index in [4.69, 9.17) is 14.2 Å². The molecular formula is C36H39N3O7. The molecule has 0 amide bonds. The molecule has 0 spiro atoms. The maximum atomic E-state index is 13.6. The van der Waals surface area contributed by atoms with Crippen LogP contribution in [0.2, 0.25) is 0 Å². The lowest BCUT2D eigenvalue weighted by molar-refractivity contribution is -0.384. The summed E-state index contributed by atoms with van der Waals surface area (Å²) in [5.41, 5.74) is 5.77. The van der Waals surface area contributed by atoms with E-state index < -0.39 is 34.8 Å². The van der Waals surface area contributed by atoms with E-state index >= 15 is 0 Å². The van der Waals surface area contributed by atoms with Gasteiger partial charge in [0.15, 0.2) is 0 Å². The minimum Gasteiger partial charge on any atom is -0.468 e. The summed E-state index contributed by atoms with van der Waals surface area (Å²) in [5, 5.41) is 11.5. The second-order valence-electron chi connectivity index (χ2n) is 11.4. The highest BCUT2D eigenvalue weighted by molar-refractivity contribution is 6.07. The number of hydrogen-bond donors (Lipinski definition) is 0. The van der Waals surface area contributed by atoms with Gasteiger partial charge in [-0.05, 0) is 68.0 Å². The van der Waals surface area contributed by atoms with Gasteiger partial charge < -0.3 is 14.2 Å². The molecule has 240 valence electrons. The van der Waals surface area contributed by atoms with Crippen LogP contribution in [-0.4, -0.2) is 54.0 Å². The normalized spacial score (nSPS) is 17.2. The van der Waals surface area contributed by atoms with Crippen LogP contribution >= 0.6 is 0 Å². The summed E-state index contributed by atoms with van der Waals surface area (Å²) in [7, 11) is 1.25. The number of nitro benzene ring substituents is 1. The summed E-state index contributed by atoms with van der Waals surface area (Å²) >= 11 is 0. The fraction of sp³-hybridized carbons (Fsp3) is 0.333. The van der Waals surface area contributed by atoms with Crippen molar-refractivity contribution in [3.63, 3.8) is 0 Å². The van der Waals surface area contributed by atoms with E-state index in [2.05, 4.69) is 46.4 Å². The van der Waals surface area contributed by atoms with Crippen molar-refractivity contribution in [2.75, 3.05) is 20.3 Å². The molecule has 0 fully saturated rings. The maximum Gasteiger partial charge on any atom is 0.336 e. The molecule has 46 heavy (non-hydrogen) atoms. The number of carbonyl (C=O) groups is 2. The highest BCUT2D eigenvalue weighted by atomic mass is 16.6. The molecule has 0 saturated carbocycles. The molecule has 3 aromatic rings. The molecule has 10 nitrogen and oxygen atoms in total. The van der Waals surface area contributed by atoms with Crippen LogP contribution in [0.1, 0.15) is 62.3 Å². The molecule has 2 heterocycles. The Morgan fingerprint density at radius 1 is 1.07 bits per heavy atom. The molecule has 0 bridgehead atoms. The van der Waals surface area contributed by atoms with Gasteiger partial charge in [-0.15, -0.1) is 0 Å². The van der Waals surface area contributed by atoms with E-state index in [0.29, 0.717) is 36.6 Å². The lowest BCUT2D eigenvalue weighted by Gasteiger charge is -2.31. The van der Waals surface area contributed by atoms with Gasteiger partial charge >= 0.3 is 11.9 Å². The number of benzene rings is 2. The van der Waals surface area contributed by atoms with Crippen LogP contribution in [0, 0.1) is 16.0 Å². The summed E-state index contributed by atoms with van der Waals surface area (Å²) in [6.07, 6.45) is 6.48. The minimum absolute atomic E-state index is 0.153. The summed E-state index contributed by atoms with van der Waals surface area (Å²) < 4.78 is 16.7. The number of hydrogen-bond acceptors (Lipinski definition) is 9. The van der Waals surface area contributed by atoms with E-state index in [9.17, 15) is 19.7 Å². The molecule has 1 aliphatic rings. The first-order valence-corrected chi connectivity index (χ1v) is 15.1. The molecule has 0 radical (unpaired) electrons. The smallest absolute Gasteiger partial charge is 0.336 e. The van der Waals surface area contributed by atoms with Gasteiger partial charge in [-0.2, -0.15) is 0 Å². The van der Waals surface area contributed by atoms with Gasteiger partial charge in [0, 0.05) is 48.3 Å². The van der Waals surface area contributed by atoms with Crippen molar-refractivity contribution < 1.29 is 28.7 Å². The number of aliphatic imine (C=N–C) groups is 1. The lowest BCUT2D eigenvalue weighted by Crippen LogP contribution is -2.36. The first-order valence-electron chi connectivity index (χ1n) is 15.1. The van der Waals surface area contributed by atoms with E-state index in [0.717, 1.165) is 23.1 Å². The van der Waals surface area contributed by atoms with Gasteiger partial charge in [0.2, 0.25) is 0 Å². The fourth-order valence-corrected chi connectivity index (χ4v) is 5.51. The quantitative estimate of drug-likeness (QED) is 0.0894. The van der Waals surface area contributed by atoms with Gasteiger partial charge in [-0.3, -0.25) is 24.9 Å². The van der Waals surface area contributed by atoms with Crippen LogP contribution in [0.4, 0.5) is 5.69 Å². The summed E-state index contributed by atoms with van der Waals surface area (Å²) in [5.74, 6) is -3.04. The minimum atomic E-state index is -0.941. The van der Waals surface area contributed by atoms with Crippen LogP contribution in [0.5, 0.6) is 0 Å². The molecule has 3 unspecified atom stereocenters. The monoisotopic (exact) mass is 625 g/mol. The maximum absolute atomic E-state index is 13.6. The van der Waals surface area contributed by atoms with Gasteiger partial charge in [-0.25, -0.2) is 4.79 Å². The van der Waals surface area contributed by atoms with Gasteiger partial charge in [0.1, 0.15) is 12.0 Å². The van der Waals surface area contributed by atoms with E-state index in [-0.39, 0.29) is 11.3 Å². The van der Waals surface area contributed by atoms with Crippen LogP contribution < -0.4 is 0 Å². The zero-order valence-electron chi connectivity index (χ0n) is 26.8. The Morgan fingerprint density at radius 2 is 1.83 bits per heavy atom. The van der Waals surface area contributed by atoms with Crippen molar-refractivity contribution in [1.29, 1.82) is 0 Å². The number of carbonyl (C=O) groups excluding carboxylic acids is 2. The summed E-state index contributed by atoms with van der Waals surface area (Å²) in [4.78, 5) is 46.0. The van der Waals surface area contributed by atoms with Crippen molar-refractivity contribution in [3.05, 3.63) is 122 Å². The van der Waals surface area contributed by atoms with Gasteiger partial charge in [-0.1, -0.05) is 48.5 Å². The highest BCUT2D eigenvalue weighted by Crippen LogP contribution is 2.41. The van der Waals surface area contributed by atoms with Gasteiger partial charge in [0.25, 0.3) is 5.69 Å². The third kappa shape index (κ3) is 8.82. The molecule has 1 aromatic heterocycles. The van der Waals surface area contributed by atoms with Crippen LogP contribution in [0.15, 0.2) is 94.9 Å². The van der Waals surface area contributed by atoms with Gasteiger partial charge in [0.05, 0.1) is 30.8 Å². The highest BCUT2D eigenvalue weighted by Gasteiger charge is 2.42. The first-order chi connectivity index (χ1) is 22.1. The average Bonchev–Trinajstić information content (AvgIpc) is 3.03. The lowest BCUT2D eigenvalue weighted by atomic mass is 9.75. The largest absolute Gasteiger partial charge is 0.468 e.